The Kier molecular flexibility index (Phi) is 3.50. The maximum absolute atomic E-state index is 6.76. The quantitative estimate of drug-likeness (QED) is 0.488. The summed E-state index contributed by atoms with van der Waals surface area (Å²) in [5, 5.41) is 0. The van der Waals surface area contributed by atoms with Crippen LogP contribution < -0.4 is 0 Å². The Morgan fingerprint density at radius 1 is 1.17 bits per heavy atom. The van der Waals surface area contributed by atoms with Crippen molar-refractivity contribution < 1.29 is 0 Å². The highest BCUT2D eigenvalue weighted by Crippen LogP contribution is 2.47. The molecule has 98 valence electrons. The van der Waals surface area contributed by atoms with Crippen LogP contribution in [0.4, 0.5) is 0 Å². The lowest BCUT2D eigenvalue weighted by atomic mass is 9.92. The van der Waals surface area contributed by atoms with E-state index in [0.717, 1.165) is 0 Å². The van der Waals surface area contributed by atoms with E-state index < -0.39 is 7.38 Å². The zero-order valence-corrected chi connectivity index (χ0v) is 14.0. The molecular formula is C16H23ClSi. The molecule has 1 aromatic carbocycles. The second kappa shape index (κ2) is 4.54. The largest absolute Gasteiger partial charge is 0.167 e. The van der Waals surface area contributed by atoms with Gasteiger partial charge in [0.25, 0.3) is 0 Å². The number of halogens is 1. The number of aryl methyl sites for hydroxylation is 1. The minimum atomic E-state index is -1.72. The zero-order valence-electron chi connectivity index (χ0n) is 12.3. The molecule has 0 heterocycles. The second-order valence-electron chi connectivity index (χ2n) is 6.34. The molecule has 0 N–H and O–H groups in total. The molecule has 0 aliphatic heterocycles. The number of rotatable bonds is 2. The van der Waals surface area contributed by atoms with Crippen molar-refractivity contribution in [3.05, 3.63) is 40.0 Å². The van der Waals surface area contributed by atoms with Crippen LogP contribution in [0.5, 0.6) is 0 Å². The Balaban J connectivity index is 2.68. The third-order valence-corrected chi connectivity index (χ3v) is 6.73. The molecule has 2 heteroatoms. The van der Waals surface area contributed by atoms with Gasteiger partial charge in [-0.15, -0.1) is 0 Å². The third-order valence-electron chi connectivity index (χ3n) is 3.96. The van der Waals surface area contributed by atoms with E-state index in [1.54, 1.807) is 0 Å². The van der Waals surface area contributed by atoms with Crippen LogP contribution in [0.1, 0.15) is 54.5 Å². The monoisotopic (exact) mass is 278 g/mol. The highest BCUT2D eigenvalue weighted by Gasteiger charge is 2.38. The van der Waals surface area contributed by atoms with Crippen molar-refractivity contribution in [3.8, 4) is 0 Å². The van der Waals surface area contributed by atoms with Gasteiger partial charge in [-0.2, -0.15) is 11.1 Å². The lowest BCUT2D eigenvalue weighted by Crippen LogP contribution is -2.28. The zero-order chi connectivity index (χ0) is 13.7. The highest BCUT2D eigenvalue weighted by atomic mass is 35.6. The summed E-state index contributed by atoms with van der Waals surface area (Å²) in [6.45, 7) is 13.5. The summed E-state index contributed by atoms with van der Waals surface area (Å²) in [6.07, 6.45) is 2.37. The van der Waals surface area contributed by atoms with Crippen molar-refractivity contribution in [1.29, 1.82) is 0 Å². The molecule has 0 radical (unpaired) electrons. The van der Waals surface area contributed by atoms with Gasteiger partial charge in [0.05, 0.1) is 0 Å². The van der Waals surface area contributed by atoms with Crippen LogP contribution in [-0.4, -0.2) is 7.38 Å². The fraction of sp³-hybridized carbons (Fsp3) is 0.500. The highest BCUT2D eigenvalue weighted by molar-refractivity contribution is 7.20. The van der Waals surface area contributed by atoms with Gasteiger partial charge >= 0.3 is 0 Å². The fourth-order valence-electron chi connectivity index (χ4n) is 3.23. The van der Waals surface area contributed by atoms with Gasteiger partial charge in [-0.05, 0) is 42.0 Å². The van der Waals surface area contributed by atoms with E-state index in [2.05, 4.69) is 59.0 Å². The molecule has 0 saturated heterocycles. The summed E-state index contributed by atoms with van der Waals surface area (Å²) in [6, 6.07) is 4.55. The van der Waals surface area contributed by atoms with Crippen LogP contribution in [0.15, 0.2) is 17.7 Å². The predicted molar refractivity (Wildman–Crippen MR) is 85.0 cm³/mol. The van der Waals surface area contributed by atoms with Gasteiger partial charge in [-0.25, -0.2) is 0 Å². The number of fused-ring (bicyclic) bond motifs is 1. The molecule has 0 aromatic heterocycles. The van der Waals surface area contributed by atoms with Gasteiger partial charge < -0.3 is 0 Å². The lowest BCUT2D eigenvalue weighted by molar-refractivity contribution is 0.859. The van der Waals surface area contributed by atoms with E-state index in [1.807, 2.05) is 0 Å². The first-order valence-electron chi connectivity index (χ1n) is 6.74. The molecule has 0 nitrogen and oxygen atoms in total. The van der Waals surface area contributed by atoms with Crippen molar-refractivity contribution in [2.24, 2.45) is 0 Å². The average molecular weight is 279 g/mol. The van der Waals surface area contributed by atoms with E-state index in [1.165, 1.54) is 27.8 Å². The van der Waals surface area contributed by atoms with Crippen molar-refractivity contribution in [1.82, 2.24) is 0 Å². The summed E-state index contributed by atoms with van der Waals surface area (Å²) in [7, 11) is -1.72. The summed E-state index contributed by atoms with van der Waals surface area (Å²) >= 11 is 6.76. The van der Waals surface area contributed by atoms with Crippen molar-refractivity contribution in [2.75, 3.05) is 0 Å². The Hall–Kier alpha value is -0.533. The van der Waals surface area contributed by atoms with Gasteiger partial charge in [0.1, 0.15) is 0 Å². The standard InChI is InChI=1S/C16H23ClSi/c1-10(2)13-8-7-11(3)15-14(13)9-12(4)16(15)18(5,6)17/h7-10,16H,1-6H3. The molecule has 2 rings (SSSR count). The van der Waals surface area contributed by atoms with Crippen molar-refractivity contribution in [3.63, 3.8) is 0 Å². The number of allylic oxidation sites excluding steroid dienone is 1. The maximum atomic E-state index is 6.76. The fourth-order valence-corrected chi connectivity index (χ4v) is 6.31. The van der Waals surface area contributed by atoms with E-state index in [0.29, 0.717) is 11.5 Å². The number of hydrogen-bond donors (Lipinski definition) is 0. The average Bonchev–Trinajstić information content (AvgIpc) is 2.55. The van der Waals surface area contributed by atoms with Crippen molar-refractivity contribution >= 4 is 24.5 Å². The minimum absolute atomic E-state index is 0.480. The van der Waals surface area contributed by atoms with E-state index in [4.69, 9.17) is 11.1 Å². The van der Waals surface area contributed by atoms with Gasteiger partial charge in [-0.1, -0.05) is 50.7 Å². The first-order valence-corrected chi connectivity index (χ1v) is 10.8. The van der Waals surface area contributed by atoms with E-state index in [9.17, 15) is 0 Å². The summed E-state index contributed by atoms with van der Waals surface area (Å²) < 4.78 is 0. The predicted octanol–water partition coefficient (Wildman–Crippen LogP) is 5.60. The Morgan fingerprint density at radius 2 is 1.78 bits per heavy atom. The SMILES string of the molecule is CC1=Cc2c(C(C)C)ccc(C)c2C1[Si](C)(C)Cl. The molecule has 1 unspecified atom stereocenters. The molecule has 1 aliphatic rings. The van der Waals surface area contributed by atoms with Crippen LogP contribution in [0.25, 0.3) is 6.08 Å². The van der Waals surface area contributed by atoms with Crippen LogP contribution in [-0.2, 0) is 0 Å². The smallest absolute Gasteiger partial charge is 0.161 e. The molecule has 0 fully saturated rings. The Bertz CT molecular complexity index is 507. The molecule has 0 spiro atoms. The Labute approximate surface area is 117 Å². The van der Waals surface area contributed by atoms with Gasteiger partial charge in [0, 0.05) is 5.54 Å². The summed E-state index contributed by atoms with van der Waals surface area (Å²) in [5.74, 6) is 0.572. The van der Waals surface area contributed by atoms with Crippen LogP contribution in [0, 0.1) is 6.92 Å². The van der Waals surface area contributed by atoms with Crippen LogP contribution >= 0.6 is 11.1 Å². The van der Waals surface area contributed by atoms with Crippen LogP contribution in [0.2, 0.25) is 13.1 Å². The second-order valence-corrected chi connectivity index (χ2v) is 13.0. The lowest BCUT2D eigenvalue weighted by Gasteiger charge is -2.27. The van der Waals surface area contributed by atoms with Gasteiger partial charge in [-0.3, -0.25) is 0 Å². The minimum Gasteiger partial charge on any atom is -0.167 e. The molecular weight excluding hydrogens is 256 g/mol. The molecule has 1 aromatic rings. The number of hydrogen-bond acceptors (Lipinski definition) is 0. The summed E-state index contributed by atoms with van der Waals surface area (Å²) in [5.41, 5.74) is 7.75. The van der Waals surface area contributed by atoms with Crippen molar-refractivity contribution in [2.45, 2.75) is 52.2 Å². The number of benzene rings is 1. The Morgan fingerprint density at radius 3 is 2.28 bits per heavy atom. The third kappa shape index (κ3) is 2.19. The van der Waals surface area contributed by atoms with Gasteiger partial charge in [0.2, 0.25) is 0 Å². The molecule has 18 heavy (non-hydrogen) atoms. The maximum Gasteiger partial charge on any atom is 0.161 e. The first-order chi connectivity index (χ1) is 8.23. The molecule has 0 bridgehead atoms. The van der Waals surface area contributed by atoms with E-state index >= 15 is 0 Å². The first kappa shape index (κ1) is 13.9. The summed E-state index contributed by atoms with van der Waals surface area (Å²) in [4.78, 5) is 0. The molecule has 0 amide bonds. The van der Waals surface area contributed by atoms with Crippen LogP contribution in [0.3, 0.4) is 0 Å². The molecule has 1 atom stereocenters. The molecule has 0 saturated carbocycles. The van der Waals surface area contributed by atoms with E-state index in [-0.39, 0.29) is 0 Å². The van der Waals surface area contributed by atoms with Gasteiger partial charge in [0.15, 0.2) is 7.38 Å². The normalized spacial score (nSPS) is 19.1. The molecule has 1 aliphatic carbocycles. The topological polar surface area (TPSA) is 0 Å².